The zero-order valence-corrected chi connectivity index (χ0v) is 11.1. The van der Waals surface area contributed by atoms with Gasteiger partial charge in [0.2, 0.25) is 11.8 Å². The summed E-state index contributed by atoms with van der Waals surface area (Å²) in [6.07, 6.45) is -11.5. The van der Waals surface area contributed by atoms with Crippen LogP contribution in [0.1, 0.15) is 0 Å². The molecule has 0 heterocycles. The average Bonchev–Trinajstić information content (AvgIpc) is 2.27. The number of amides is 1. The number of anilines is 2. The van der Waals surface area contributed by atoms with Crippen molar-refractivity contribution in [2.24, 2.45) is 5.92 Å². The van der Waals surface area contributed by atoms with Gasteiger partial charge in [-0.1, -0.05) is 11.6 Å². The summed E-state index contributed by atoms with van der Waals surface area (Å²) in [6, 6.07) is 3.44. The van der Waals surface area contributed by atoms with Gasteiger partial charge in [-0.3, -0.25) is 4.79 Å². The normalized spacial score (nSPS) is 12.6. The van der Waals surface area contributed by atoms with Crippen LogP contribution in [0.5, 0.6) is 0 Å². The lowest BCUT2D eigenvalue weighted by atomic mass is 10.1. The maximum Gasteiger partial charge on any atom is 0.409 e. The maximum absolute atomic E-state index is 12.5. The molecule has 0 aliphatic heterocycles. The molecule has 0 aromatic heterocycles. The Morgan fingerprint density at radius 3 is 2.10 bits per heavy atom. The SMILES string of the molecule is CN(C(=O)C(C(F)(F)F)C(F)(F)F)c1cc(Cl)ccc1N. The molecule has 0 saturated carbocycles. The van der Waals surface area contributed by atoms with Crippen LogP contribution in [0.3, 0.4) is 0 Å². The van der Waals surface area contributed by atoms with Crippen LogP contribution in [0.15, 0.2) is 18.2 Å². The van der Waals surface area contributed by atoms with Gasteiger partial charge in [0.1, 0.15) is 0 Å². The minimum absolute atomic E-state index is 0.00872. The van der Waals surface area contributed by atoms with E-state index in [0.29, 0.717) is 0 Å². The van der Waals surface area contributed by atoms with Crippen molar-refractivity contribution in [3.05, 3.63) is 23.2 Å². The molecule has 10 heteroatoms. The monoisotopic (exact) mass is 334 g/mol. The second-order valence-electron chi connectivity index (χ2n) is 4.12. The predicted molar refractivity (Wildman–Crippen MR) is 64.9 cm³/mol. The molecule has 0 spiro atoms. The van der Waals surface area contributed by atoms with E-state index in [9.17, 15) is 31.1 Å². The van der Waals surface area contributed by atoms with Crippen molar-refractivity contribution in [2.75, 3.05) is 17.7 Å². The third kappa shape index (κ3) is 3.93. The van der Waals surface area contributed by atoms with Crippen LogP contribution in [0, 0.1) is 5.92 Å². The van der Waals surface area contributed by atoms with E-state index in [2.05, 4.69) is 0 Å². The van der Waals surface area contributed by atoms with E-state index >= 15 is 0 Å². The Bertz CT molecular complexity index is 528. The summed E-state index contributed by atoms with van der Waals surface area (Å²) in [5.41, 5.74) is 4.91. The second kappa shape index (κ2) is 5.63. The lowest BCUT2D eigenvalue weighted by Crippen LogP contribution is -2.48. The molecule has 118 valence electrons. The number of halogens is 7. The van der Waals surface area contributed by atoms with Crippen LogP contribution in [-0.2, 0) is 4.79 Å². The number of hydrogen-bond donors (Lipinski definition) is 1. The maximum atomic E-state index is 12.5. The molecule has 0 saturated heterocycles. The average molecular weight is 335 g/mol. The summed E-state index contributed by atoms with van der Waals surface area (Å²) in [5.74, 6) is -6.32. The fourth-order valence-corrected chi connectivity index (χ4v) is 1.75. The van der Waals surface area contributed by atoms with E-state index in [0.717, 1.165) is 19.2 Å². The van der Waals surface area contributed by atoms with Gasteiger partial charge >= 0.3 is 12.4 Å². The molecule has 0 aliphatic rings. The first kappa shape index (κ1) is 17.4. The van der Waals surface area contributed by atoms with Gasteiger partial charge in [-0.15, -0.1) is 0 Å². The van der Waals surface area contributed by atoms with Gasteiger partial charge in [0, 0.05) is 12.1 Å². The molecule has 1 aromatic rings. The molecule has 0 bridgehead atoms. The summed E-state index contributed by atoms with van der Waals surface area (Å²) >= 11 is 5.59. The number of carbonyl (C=O) groups is 1. The molecule has 0 fully saturated rings. The highest BCUT2D eigenvalue weighted by Gasteiger charge is 2.62. The fourth-order valence-electron chi connectivity index (χ4n) is 1.59. The van der Waals surface area contributed by atoms with Crippen LogP contribution < -0.4 is 10.6 Å². The lowest BCUT2D eigenvalue weighted by molar-refractivity contribution is -0.273. The minimum atomic E-state index is -5.77. The van der Waals surface area contributed by atoms with Gasteiger partial charge in [-0.2, -0.15) is 26.3 Å². The quantitative estimate of drug-likeness (QED) is 0.663. The van der Waals surface area contributed by atoms with E-state index in [-0.39, 0.29) is 21.3 Å². The van der Waals surface area contributed by atoms with Gasteiger partial charge in [0.05, 0.1) is 11.4 Å². The Balaban J connectivity index is 3.24. The summed E-state index contributed by atoms with van der Waals surface area (Å²) < 4.78 is 75.0. The molecule has 0 unspecified atom stereocenters. The predicted octanol–water partition coefficient (Wildman–Crippen LogP) is 3.63. The number of nitrogen functional groups attached to an aromatic ring is 1. The van der Waals surface area contributed by atoms with Crippen molar-refractivity contribution in [1.82, 2.24) is 0 Å². The van der Waals surface area contributed by atoms with Crippen LogP contribution >= 0.6 is 11.6 Å². The molecule has 1 rings (SSSR count). The van der Waals surface area contributed by atoms with E-state index in [1.807, 2.05) is 0 Å². The van der Waals surface area contributed by atoms with Crippen molar-refractivity contribution in [3.63, 3.8) is 0 Å². The van der Waals surface area contributed by atoms with Crippen LogP contribution in [0.2, 0.25) is 5.02 Å². The van der Waals surface area contributed by atoms with Crippen molar-refractivity contribution in [2.45, 2.75) is 12.4 Å². The zero-order chi connectivity index (χ0) is 16.6. The summed E-state index contributed by atoms with van der Waals surface area (Å²) in [5, 5.41) is 0.00872. The Morgan fingerprint density at radius 1 is 1.19 bits per heavy atom. The molecular weight excluding hydrogens is 326 g/mol. The molecule has 1 amide bonds. The Kier molecular flexibility index (Phi) is 4.66. The standard InChI is InChI=1S/C11H9ClF6N2O/c1-20(7-4-5(12)2-3-6(7)19)9(21)8(10(13,14)15)11(16,17)18/h2-4,8H,19H2,1H3. The van der Waals surface area contributed by atoms with Gasteiger partial charge < -0.3 is 10.6 Å². The molecular formula is C11H9ClF6N2O. The van der Waals surface area contributed by atoms with E-state index < -0.39 is 24.2 Å². The number of nitrogens with zero attached hydrogens (tertiary/aromatic N) is 1. The Labute approximate surface area is 120 Å². The third-order valence-electron chi connectivity index (χ3n) is 2.59. The number of nitrogens with two attached hydrogens (primary N) is 1. The highest BCUT2D eigenvalue weighted by atomic mass is 35.5. The molecule has 0 radical (unpaired) electrons. The largest absolute Gasteiger partial charge is 0.409 e. The molecule has 2 N–H and O–H groups in total. The number of hydrogen-bond acceptors (Lipinski definition) is 2. The first-order chi connectivity index (χ1) is 9.35. The molecule has 3 nitrogen and oxygen atoms in total. The van der Waals surface area contributed by atoms with Gasteiger partial charge in [0.25, 0.3) is 0 Å². The summed E-state index contributed by atoms with van der Waals surface area (Å²) in [7, 11) is 0.759. The topological polar surface area (TPSA) is 46.3 Å². The highest BCUT2D eigenvalue weighted by Crippen LogP contribution is 2.41. The Morgan fingerprint density at radius 2 is 1.67 bits per heavy atom. The number of benzene rings is 1. The van der Waals surface area contributed by atoms with Crippen LogP contribution in [0.4, 0.5) is 37.7 Å². The van der Waals surface area contributed by atoms with Gasteiger partial charge in [-0.05, 0) is 18.2 Å². The van der Waals surface area contributed by atoms with Crippen LogP contribution in [-0.4, -0.2) is 25.3 Å². The highest BCUT2D eigenvalue weighted by molar-refractivity contribution is 6.31. The lowest BCUT2D eigenvalue weighted by Gasteiger charge is -2.27. The first-order valence-electron chi connectivity index (χ1n) is 5.31. The van der Waals surface area contributed by atoms with Crippen molar-refractivity contribution < 1.29 is 31.1 Å². The van der Waals surface area contributed by atoms with Gasteiger partial charge in [0.15, 0.2) is 0 Å². The summed E-state index contributed by atoms with van der Waals surface area (Å²) in [6.45, 7) is 0. The van der Waals surface area contributed by atoms with E-state index in [4.69, 9.17) is 17.3 Å². The molecule has 1 aromatic carbocycles. The molecule has 0 aliphatic carbocycles. The fraction of sp³-hybridized carbons (Fsp3) is 0.364. The second-order valence-corrected chi connectivity index (χ2v) is 4.55. The number of alkyl halides is 6. The van der Waals surface area contributed by atoms with Crippen molar-refractivity contribution >= 4 is 28.9 Å². The van der Waals surface area contributed by atoms with E-state index in [1.54, 1.807) is 0 Å². The van der Waals surface area contributed by atoms with Crippen molar-refractivity contribution in [1.29, 1.82) is 0 Å². The number of carbonyl (C=O) groups excluding carboxylic acids is 1. The zero-order valence-electron chi connectivity index (χ0n) is 10.4. The van der Waals surface area contributed by atoms with Crippen LogP contribution in [0.25, 0.3) is 0 Å². The molecule has 21 heavy (non-hydrogen) atoms. The van der Waals surface area contributed by atoms with Crippen molar-refractivity contribution in [3.8, 4) is 0 Å². The number of rotatable bonds is 2. The summed E-state index contributed by atoms with van der Waals surface area (Å²) in [4.78, 5) is 11.8. The van der Waals surface area contributed by atoms with Gasteiger partial charge in [-0.25, -0.2) is 0 Å². The third-order valence-corrected chi connectivity index (χ3v) is 2.82. The minimum Gasteiger partial charge on any atom is -0.397 e. The molecule has 0 atom stereocenters. The Hall–Kier alpha value is -1.64. The van der Waals surface area contributed by atoms with E-state index in [1.165, 1.54) is 6.07 Å². The first-order valence-corrected chi connectivity index (χ1v) is 5.69. The smallest absolute Gasteiger partial charge is 0.397 e.